The third kappa shape index (κ3) is 5.48. The van der Waals surface area contributed by atoms with Crippen molar-refractivity contribution in [2.24, 2.45) is 0 Å². The van der Waals surface area contributed by atoms with Crippen LogP contribution in [0.3, 0.4) is 0 Å². The minimum absolute atomic E-state index is 0.196. The molecule has 0 saturated carbocycles. The molecule has 2 heterocycles. The van der Waals surface area contributed by atoms with Crippen LogP contribution in [0.15, 0.2) is 87.6 Å². The van der Waals surface area contributed by atoms with Gasteiger partial charge >= 0.3 is 0 Å². The maximum absolute atomic E-state index is 13.5. The van der Waals surface area contributed by atoms with Crippen molar-refractivity contribution in [1.82, 2.24) is 19.7 Å². The van der Waals surface area contributed by atoms with Gasteiger partial charge in [-0.1, -0.05) is 41.9 Å². The molecule has 0 saturated heterocycles. The second-order valence-corrected chi connectivity index (χ2v) is 9.97. The van der Waals surface area contributed by atoms with Crippen LogP contribution >= 0.6 is 23.4 Å². The highest BCUT2D eigenvalue weighted by atomic mass is 35.5. The van der Waals surface area contributed by atoms with E-state index < -0.39 is 0 Å². The highest BCUT2D eigenvalue weighted by Crippen LogP contribution is 2.39. The molecule has 0 spiro atoms. The van der Waals surface area contributed by atoms with Crippen LogP contribution in [0.4, 0.5) is 0 Å². The van der Waals surface area contributed by atoms with E-state index in [0.717, 1.165) is 39.8 Å². The molecular formula is C29H27ClN4O3S. The van der Waals surface area contributed by atoms with Crippen molar-refractivity contribution in [3.8, 4) is 28.3 Å². The number of hydrogen-bond donors (Lipinski definition) is 1. The van der Waals surface area contributed by atoms with Crippen LogP contribution in [0.25, 0.3) is 33.4 Å². The molecule has 194 valence electrons. The molecule has 0 amide bonds. The number of pyridine rings is 1. The van der Waals surface area contributed by atoms with Crippen molar-refractivity contribution in [3.05, 3.63) is 88.2 Å². The number of ether oxygens (including phenoxy) is 2. The minimum Gasteiger partial charge on any atom is -0.497 e. The van der Waals surface area contributed by atoms with E-state index in [9.17, 15) is 4.79 Å². The summed E-state index contributed by atoms with van der Waals surface area (Å²) in [6.45, 7) is 3.89. The average molecular weight is 547 g/mol. The van der Waals surface area contributed by atoms with Gasteiger partial charge in [0, 0.05) is 46.8 Å². The fourth-order valence-electron chi connectivity index (χ4n) is 4.32. The van der Waals surface area contributed by atoms with Crippen LogP contribution in [0.1, 0.15) is 13.3 Å². The minimum atomic E-state index is -0.196. The zero-order chi connectivity index (χ0) is 26.5. The van der Waals surface area contributed by atoms with E-state index in [4.69, 9.17) is 21.1 Å². The van der Waals surface area contributed by atoms with Crippen LogP contribution < -0.4 is 10.3 Å². The Bertz CT molecular complexity index is 1600. The standard InChI is InChI=1S/C29H27ClN4O3S/c1-3-37-17-7-16-34-27(20-10-13-22(36-2)14-11-20)32-33-29(34)38-26-25(19-8-5-4-6-9-19)23-18-21(30)12-15-24(23)31-28(26)35/h4-6,8-15,18H,3,7,16-17H2,1-2H3,(H,31,35). The summed E-state index contributed by atoms with van der Waals surface area (Å²) in [5, 5.41) is 11.1. The van der Waals surface area contributed by atoms with Crippen molar-refractivity contribution in [3.63, 3.8) is 0 Å². The van der Waals surface area contributed by atoms with Gasteiger partial charge in [-0.3, -0.25) is 4.79 Å². The van der Waals surface area contributed by atoms with Crippen LogP contribution in [-0.2, 0) is 11.3 Å². The summed E-state index contributed by atoms with van der Waals surface area (Å²) in [4.78, 5) is 17.0. The van der Waals surface area contributed by atoms with Crippen LogP contribution in [0.2, 0.25) is 5.02 Å². The largest absolute Gasteiger partial charge is 0.497 e. The molecular weight excluding hydrogens is 520 g/mol. The Kier molecular flexibility index (Phi) is 8.12. The van der Waals surface area contributed by atoms with Crippen molar-refractivity contribution in [2.75, 3.05) is 20.3 Å². The lowest BCUT2D eigenvalue weighted by Crippen LogP contribution is -2.12. The van der Waals surface area contributed by atoms with Crippen molar-refractivity contribution in [1.29, 1.82) is 0 Å². The first-order chi connectivity index (χ1) is 18.6. The summed E-state index contributed by atoms with van der Waals surface area (Å²) in [5.74, 6) is 1.48. The Hall–Kier alpha value is -3.59. The molecule has 2 aromatic heterocycles. The van der Waals surface area contributed by atoms with E-state index in [1.165, 1.54) is 11.8 Å². The van der Waals surface area contributed by atoms with Gasteiger partial charge in [0.1, 0.15) is 5.75 Å². The van der Waals surface area contributed by atoms with Gasteiger partial charge in [0.25, 0.3) is 5.56 Å². The predicted octanol–water partition coefficient (Wildman–Crippen LogP) is 6.69. The van der Waals surface area contributed by atoms with Gasteiger partial charge in [-0.05, 0) is 73.1 Å². The van der Waals surface area contributed by atoms with E-state index >= 15 is 0 Å². The van der Waals surface area contributed by atoms with E-state index in [0.29, 0.717) is 40.7 Å². The number of rotatable bonds is 10. The molecule has 0 bridgehead atoms. The third-order valence-electron chi connectivity index (χ3n) is 6.13. The Balaban J connectivity index is 1.63. The van der Waals surface area contributed by atoms with E-state index in [1.807, 2.05) is 78.2 Å². The van der Waals surface area contributed by atoms with Gasteiger partial charge in [0.15, 0.2) is 11.0 Å². The molecule has 0 aliphatic heterocycles. The number of aromatic nitrogens is 4. The van der Waals surface area contributed by atoms with Gasteiger partial charge in [-0.15, -0.1) is 10.2 Å². The van der Waals surface area contributed by atoms with Crippen molar-refractivity contribution >= 4 is 34.3 Å². The number of fused-ring (bicyclic) bond motifs is 1. The van der Waals surface area contributed by atoms with Crippen LogP contribution in [-0.4, -0.2) is 40.1 Å². The quantitative estimate of drug-likeness (QED) is 0.196. The fraction of sp³-hybridized carbons (Fsp3) is 0.207. The number of nitrogens with one attached hydrogen (secondary N) is 1. The summed E-state index contributed by atoms with van der Waals surface area (Å²) in [5.41, 5.74) is 3.17. The Morgan fingerprint density at radius 1 is 1.00 bits per heavy atom. The van der Waals surface area contributed by atoms with Gasteiger partial charge < -0.3 is 19.0 Å². The third-order valence-corrected chi connectivity index (χ3v) is 7.44. The molecule has 0 aliphatic carbocycles. The topological polar surface area (TPSA) is 82.0 Å². The summed E-state index contributed by atoms with van der Waals surface area (Å²) in [6, 6.07) is 23.0. The molecule has 9 heteroatoms. The molecule has 0 unspecified atom stereocenters. The second-order valence-electron chi connectivity index (χ2n) is 8.55. The molecule has 1 N–H and O–H groups in total. The van der Waals surface area contributed by atoms with Crippen LogP contribution in [0.5, 0.6) is 5.75 Å². The highest BCUT2D eigenvalue weighted by Gasteiger charge is 2.21. The molecule has 7 nitrogen and oxygen atoms in total. The van der Waals surface area contributed by atoms with E-state index in [-0.39, 0.29) is 5.56 Å². The number of benzene rings is 3. The van der Waals surface area contributed by atoms with Gasteiger partial charge in [0.2, 0.25) is 0 Å². The maximum Gasteiger partial charge on any atom is 0.263 e. The molecule has 0 fully saturated rings. The Labute approximate surface area is 229 Å². The SMILES string of the molecule is CCOCCCn1c(Sc2c(-c3ccccc3)c3cc(Cl)ccc3[nH]c2=O)nnc1-c1ccc(OC)cc1. The number of nitrogens with zero attached hydrogens (tertiary/aromatic N) is 3. The smallest absolute Gasteiger partial charge is 0.263 e. The molecule has 0 atom stereocenters. The van der Waals surface area contributed by atoms with Crippen LogP contribution in [0, 0.1) is 0 Å². The van der Waals surface area contributed by atoms with Gasteiger partial charge in [-0.25, -0.2) is 0 Å². The number of hydrogen-bond acceptors (Lipinski definition) is 6. The number of methoxy groups -OCH3 is 1. The van der Waals surface area contributed by atoms with Crippen molar-refractivity contribution in [2.45, 2.75) is 29.9 Å². The summed E-state index contributed by atoms with van der Waals surface area (Å²) >= 11 is 7.69. The zero-order valence-corrected chi connectivity index (χ0v) is 22.7. The predicted molar refractivity (Wildman–Crippen MR) is 152 cm³/mol. The lowest BCUT2D eigenvalue weighted by Gasteiger charge is -2.14. The second kappa shape index (κ2) is 11.9. The first-order valence-corrected chi connectivity index (χ1v) is 13.5. The Morgan fingerprint density at radius 3 is 2.53 bits per heavy atom. The number of aromatic amines is 1. The van der Waals surface area contributed by atoms with Crippen molar-refractivity contribution < 1.29 is 9.47 Å². The van der Waals surface area contributed by atoms with Gasteiger partial charge in [-0.2, -0.15) is 0 Å². The fourth-order valence-corrected chi connectivity index (χ4v) is 5.51. The number of halogens is 1. The molecule has 38 heavy (non-hydrogen) atoms. The van der Waals surface area contributed by atoms with E-state index in [2.05, 4.69) is 15.2 Å². The zero-order valence-electron chi connectivity index (χ0n) is 21.1. The maximum atomic E-state index is 13.5. The molecule has 0 radical (unpaired) electrons. The number of H-pyrrole nitrogens is 1. The average Bonchev–Trinajstić information content (AvgIpc) is 3.34. The Morgan fingerprint density at radius 2 is 1.79 bits per heavy atom. The summed E-state index contributed by atoms with van der Waals surface area (Å²) in [7, 11) is 1.64. The first kappa shape index (κ1) is 26.0. The molecule has 5 aromatic rings. The molecule has 3 aromatic carbocycles. The lowest BCUT2D eigenvalue weighted by atomic mass is 10.0. The summed E-state index contributed by atoms with van der Waals surface area (Å²) < 4.78 is 12.9. The monoisotopic (exact) mass is 546 g/mol. The molecule has 0 aliphatic rings. The van der Waals surface area contributed by atoms with Gasteiger partial charge in [0.05, 0.1) is 12.0 Å². The van der Waals surface area contributed by atoms with E-state index in [1.54, 1.807) is 13.2 Å². The molecule has 5 rings (SSSR count). The highest BCUT2D eigenvalue weighted by molar-refractivity contribution is 7.99. The normalized spacial score (nSPS) is 11.2. The summed E-state index contributed by atoms with van der Waals surface area (Å²) in [6.07, 6.45) is 0.776. The lowest BCUT2D eigenvalue weighted by molar-refractivity contribution is 0.141. The first-order valence-electron chi connectivity index (χ1n) is 12.3.